The third-order valence-corrected chi connectivity index (χ3v) is 4.29. The van der Waals surface area contributed by atoms with Crippen LogP contribution in [0, 0.1) is 9.49 Å². The Balaban J connectivity index is 2.28. The van der Waals surface area contributed by atoms with Gasteiger partial charge in [-0.25, -0.2) is 0 Å². The summed E-state index contributed by atoms with van der Waals surface area (Å²) in [7, 11) is 0. The SMILES string of the molecule is Nc1cc(I)ccc1N1CC(CBr)CC1=O. The molecule has 1 aliphatic rings. The zero-order chi connectivity index (χ0) is 11.7. The van der Waals surface area contributed by atoms with Crippen molar-refractivity contribution in [3.63, 3.8) is 0 Å². The van der Waals surface area contributed by atoms with Crippen LogP contribution in [-0.4, -0.2) is 17.8 Å². The van der Waals surface area contributed by atoms with Crippen LogP contribution in [0.15, 0.2) is 18.2 Å². The lowest BCUT2D eigenvalue weighted by Crippen LogP contribution is -2.25. The molecule has 0 aromatic heterocycles. The minimum Gasteiger partial charge on any atom is -0.397 e. The van der Waals surface area contributed by atoms with Gasteiger partial charge in [-0.15, -0.1) is 0 Å². The Labute approximate surface area is 117 Å². The standard InChI is InChI=1S/C11H12BrIN2O/c12-5-7-3-11(16)15(6-7)10-2-1-8(13)4-9(10)14/h1-2,4,7H,3,5-6,14H2. The Bertz CT molecular complexity index is 424. The van der Waals surface area contributed by atoms with Crippen molar-refractivity contribution in [1.29, 1.82) is 0 Å². The molecule has 2 N–H and O–H groups in total. The van der Waals surface area contributed by atoms with Crippen molar-refractivity contribution in [1.82, 2.24) is 0 Å². The minimum atomic E-state index is 0.164. The number of nitrogens with two attached hydrogens (primary N) is 1. The summed E-state index contributed by atoms with van der Waals surface area (Å²) in [5.41, 5.74) is 7.46. The zero-order valence-electron chi connectivity index (χ0n) is 8.62. The van der Waals surface area contributed by atoms with E-state index in [1.807, 2.05) is 18.2 Å². The van der Waals surface area contributed by atoms with E-state index in [0.717, 1.165) is 21.1 Å². The van der Waals surface area contributed by atoms with E-state index in [4.69, 9.17) is 5.73 Å². The van der Waals surface area contributed by atoms with Crippen molar-refractivity contribution >= 4 is 55.8 Å². The van der Waals surface area contributed by atoms with E-state index in [9.17, 15) is 4.79 Å². The van der Waals surface area contributed by atoms with Crippen molar-refractivity contribution in [3.8, 4) is 0 Å². The zero-order valence-corrected chi connectivity index (χ0v) is 12.4. The van der Waals surface area contributed by atoms with E-state index in [2.05, 4.69) is 38.5 Å². The van der Waals surface area contributed by atoms with Gasteiger partial charge in [-0.1, -0.05) is 15.9 Å². The summed E-state index contributed by atoms with van der Waals surface area (Å²) in [5, 5.41) is 0.861. The second-order valence-corrected chi connectivity index (χ2v) is 5.83. The predicted molar refractivity (Wildman–Crippen MR) is 77.8 cm³/mol. The first-order chi connectivity index (χ1) is 7.61. The van der Waals surface area contributed by atoms with Gasteiger partial charge in [-0.3, -0.25) is 4.79 Å². The van der Waals surface area contributed by atoms with Gasteiger partial charge >= 0.3 is 0 Å². The number of carbonyl (C=O) groups excluding carboxylic acids is 1. The van der Waals surface area contributed by atoms with Crippen LogP contribution in [0.1, 0.15) is 6.42 Å². The van der Waals surface area contributed by atoms with Crippen molar-refractivity contribution < 1.29 is 4.79 Å². The Kier molecular flexibility index (Phi) is 3.73. The predicted octanol–water partition coefficient (Wildman–Crippen LogP) is 2.62. The summed E-state index contributed by atoms with van der Waals surface area (Å²) >= 11 is 5.63. The molecule has 0 saturated carbocycles. The first kappa shape index (κ1) is 12.2. The highest BCUT2D eigenvalue weighted by Crippen LogP contribution is 2.31. The van der Waals surface area contributed by atoms with Crippen molar-refractivity contribution in [2.24, 2.45) is 5.92 Å². The highest BCUT2D eigenvalue weighted by Gasteiger charge is 2.30. The molecule has 0 radical (unpaired) electrons. The van der Waals surface area contributed by atoms with Gasteiger partial charge in [0.1, 0.15) is 0 Å². The van der Waals surface area contributed by atoms with E-state index >= 15 is 0 Å². The fourth-order valence-electron chi connectivity index (χ4n) is 1.89. The lowest BCUT2D eigenvalue weighted by Gasteiger charge is -2.18. The normalized spacial score (nSPS) is 20.5. The molecule has 1 aromatic rings. The number of hydrogen-bond donors (Lipinski definition) is 1. The maximum Gasteiger partial charge on any atom is 0.227 e. The molecule has 86 valence electrons. The second-order valence-electron chi connectivity index (χ2n) is 3.93. The van der Waals surface area contributed by atoms with E-state index < -0.39 is 0 Å². The quantitative estimate of drug-likeness (QED) is 0.476. The van der Waals surface area contributed by atoms with E-state index in [0.29, 0.717) is 18.0 Å². The Morgan fingerprint density at radius 1 is 1.56 bits per heavy atom. The summed E-state index contributed by atoms with van der Waals surface area (Å²) in [4.78, 5) is 13.6. The third kappa shape index (κ3) is 2.34. The van der Waals surface area contributed by atoms with Gasteiger partial charge in [0.25, 0.3) is 0 Å². The first-order valence-electron chi connectivity index (χ1n) is 5.03. The topological polar surface area (TPSA) is 46.3 Å². The highest BCUT2D eigenvalue weighted by molar-refractivity contribution is 14.1. The molecule has 3 nitrogen and oxygen atoms in total. The van der Waals surface area contributed by atoms with Gasteiger partial charge < -0.3 is 10.6 Å². The maximum atomic E-state index is 11.8. The molecular formula is C11H12BrIN2O. The number of anilines is 2. The average Bonchev–Trinajstić information content (AvgIpc) is 2.60. The molecule has 0 bridgehead atoms. The molecule has 0 spiro atoms. The summed E-state index contributed by atoms with van der Waals surface area (Å²) in [6, 6.07) is 5.79. The number of carbonyl (C=O) groups is 1. The number of alkyl halides is 1. The first-order valence-corrected chi connectivity index (χ1v) is 7.23. The van der Waals surface area contributed by atoms with Gasteiger partial charge in [0.15, 0.2) is 0 Å². The molecule has 1 amide bonds. The fraction of sp³-hybridized carbons (Fsp3) is 0.364. The van der Waals surface area contributed by atoms with E-state index in [1.54, 1.807) is 4.90 Å². The van der Waals surface area contributed by atoms with Crippen LogP contribution in [-0.2, 0) is 4.79 Å². The van der Waals surface area contributed by atoms with Crippen LogP contribution in [0.5, 0.6) is 0 Å². The Morgan fingerprint density at radius 3 is 2.88 bits per heavy atom. The van der Waals surface area contributed by atoms with E-state index in [1.165, 1.54) is 0 Å². The maximum absolute atomic E-state index is 11.8. The largest absolute Gasteiger partial charge is 0.397 e. The van der Waals surface area contributed by atoms with E-state index in [-0.39, 0.29) is 5.91 Å². The Hall–Kier alpha value is -0.300. The monoisotopic (exact) mass is 394 g/mol. The van der Waals surface area contributed by atoms with Gasteiger partial charge in [-0.05, 0) is 46.7 Å². The summed E-state index contributed by atoms with van der Waals surface area (Å²) in [5.74, 6) is 0.559. The summed E-state index contributed by atoms with van der Waals surface area (Å²) in [6.07, 6.45) is 0.608. The lowest BCUT2D eigenvalue weighted by atomic mass is 10.2. The van der Waals surface area contributed by atoms with Gasteiger partial charge in [0.05, 0.1) is 11.4 Å². The molecule has 1 aliphatic heterocycles. The molecule has 1 unspecified atom stereocenters. The molecule has 0 aliphatic carbocycles. The van der Waals surface area contributed by atoms with Gasteiger partial charge in [-0.2, -0.15) is 0 Å². The molecule has 2 rings (SSSR count). The number of nitrogen functional groups attached to an aromatic ring is 1. The number of halogens is 2. The lowest BCUT2D eigenvalue weighted by molar-refractivity contribution is -0.117. The molecule has 1 saturated heterocycles. The average molecular weight is 395 g/mol. The van der Waals surface area contributed by atoms with Crippen LogP contribution in [0.25, 0.3) is 0 Å². The van der Waals surface area contributed by atoms with Crippen LogP contribution >= 0.6 is 38.5 Å². The smallest absolute Gasteiger partial charge is 0.227 e. The third-order valence-electron chi connectivity index (χ3n) is 2.70. The molecule has 1 fully saturated rings. The molecule has 5 heteroatoms. The molecule has 1 heterocycles. The fourth-order valence-corrected chi connectivity index (χ4v) is 2.84. The molecule has 1 aromatic carbocycles. The summed E-state index contributed by atoms with van der Waals surface area (Å²) < 4.78 is 1.09. The Morgan fingerprint density at radius 2 is 2.31 bits per heavy atom. The highest BCUT2D eigenvalue weighted by atomic mass is 127. The van der Waals surface area contributed by atoms with Crippen molar-refractivity contribution in [2.75, 3.05) is 22.5 Å². The second kappa shape index (κ2) is 4.91. The van der Waals surface area contributed by atoms with Crippen LogP contribution in [0.2, 0.25) is 0 Å². The number of nitrogens with zero attached hydrogens (tertiary/aromatic N) is 1. The number of benzene rings is 1. The summed E-state index contributed by atoms with van der Waals surface area (Å²) in [6.45, 7) is 0.759. The van der Waals surface area contributed by atoms with Crippen molar-refractivity contribution in [3.05, 3.63) is 21.8 Å². The number of hydrogen-bond acceptors (Lipinski definition) is 2. The van der Waals surface area contributed by atoms with Gasteiger partial charge in [0.2, 0.25) is 5.91 Å². The number of amides is 1. The molecule has 16 heavy (non-hydrogen) atoms. The molecule has 1 atom stereocenters. The van der Waals surface area contributed by atoms with Crippen LogP contribution < -0.4 is 10.6 Å². The van der Waals surface area contributed by atoms with Crippen molar-refractivity contribution in [2.45, 2.75) is 6.42 Å². The van der Waals surface area contributed by atoms with Gasteiger partial charge in [0, 0.05) is 21.9 Å². The van der Waals surface area contributed by atoms with Crippen LogP contribution in [0.3, 0.4) is 0 Å². The minimum absolute atomic E-state index is 0.164. The van der Waals surface area contributed by atoms with Crippen LogP contribution in [0.4, 0.5) is 11.4 Å². The molecular weight excluding hydrogens is 383 g/mol. The number of rotatable bonds is 2.